The van der Waals surface area contributed by atoms with Gasteiger partial charge in [-0.25, -0.2) is 4.98 Å². The number of carbonyl (C=O) groups excluding carboxylic acids is 1. The van der Waals surface area contributed by atoms with Gasteiger partial charge in [0.2, 0.25) is 0 Å². The zero-order chi connectivity index (χ0) is 16.1. The Morgan fingerprint density at radius 3 is 2.96 bits per heavy atom. The number of benzene rings is 1. The number of carbonyl (C=O) groups is 1. The first kappa shape index (κ1) is 15.2. The zero-order valence-corrected chi connectivity index (χ0v) is 13.3. The second-order valence-corrected chi connectivity index (χ2v) is 5.90. The molecule has 0 aliphatic heterocycles. The normalized spacial score (nSPS) is 11.9. The van der Waals surface area contributed by atoms with Gasteiger partial charge in [-0.3, -0.25) is 9.89 Å². The van der Waals surface area contributed by atoms with Crippen LogP contribution in [0.25, 0.3) is 11.4 Å². The van der Waals surface area contributed by atoms with Crippen molar-refractivity contribution in [1.82, 2.24) is 20.5 Å². The molecular formula is C16H16N4O2S. The Bertz CT molecular complexity index is 756. The molecule has 118 valence electrons. The second kappa shape index (κ2) is 7.06. The number of para-hydroxylation sites is 1. The smallest absolute Gasteiger partial charge is 0.258 e. The summed E-state index contributed by atoms with van der Waals surface area (Å²) in [6.45, 7) is 1.90. The largest absolute Gasteiger partial charge is 0.483 e. The summed E-state index contributed by atoms with van der Waals surface area (Å²) < 4.78 is 5.64. The summed E-state index contributed by atoms with van der Waals surface area (Å²) in [4.78, 5) is 17.3. The third-order valence-electron chi connectivity index (χ3n) is 3.26. The summed E-state index contributed by atoms with van der Waals surface area (Å²) in [5.41, 5.74) is 0.768. The quantitative estimate of drug-likeness (QED) is 0.729. The van der Waals surface area contributed by atoms with Crippen LogP contribution in [0.4, 0.5) is 0 Å². The van der Waals surface area contributed by atoms with Gasteiger partial charge in [0, 0.05) is 4.88 Å². The molecule has 0 saturated heterocycles. The van der Waals surface area contributed by atoms with Crippen LogP contribution >= 0.6 is 11.3 Å². The number of hydrogen-bond acceptors (Lipinski definition) is 5. The Morgan fingerprint density at radius 2 is 2.22 bits per heavy atom. The summed E-state index contributed by atoms with van der Waals surface area (Å²) in [5, 5.41) is 11.5. The summed E-state index contributed by atoms with van der Waals surface area (Å²) in [7, 11) is 0. The van der Waals surface area contributed by atoms with Crippen LogP contribution in [0.5, 0.6) is 5.75 Å². The first-order valence-electron chi connectivity index (χ1n) is 7.14. The predicted octanol–water partition coefficient (Wildman–Crippen LogP) is 2.79. The van der Waals surface area contributed by atoms with Gasteiger partial charge >= 0.3 is 0 Å². The van der Waals surface area contributed by atoms with Gasteiger partial charge in [0.25, 0.3) is 5.91 Å². The highest BCUT2D eigenvalue weighted by molar-refractivity contribution is 7.10. The van der Waals surface area contributed by atoms with Gasteiger partial charge < -0.3 is 10.1 Å². The zero-order valence-electron chi connectivity index (χ0n) is 12.5. The van der Waals surface area contributed by atoms with E-state index in [1.165, 1.54) is 6.33 Å². The molecule has 2 aromatic heterocycles. The van der Waals surface area contributed by atoms with E-state index < -0.39 is 0 Å². The van der Waals surface area contributed by atoms with Crippen molar-refractivity contribution in [2.75, 3.05) is 6.61 Å². The molecule has 0 saturated carbocycles. The van der Waals surface area contributed by atoms with E-state index >= 15 is 0 Å². The summed E-state index contributed by atoms with van der Waals surface area (Å²) in [6.07, 6.45) is 1.43. The van der Waals surface area contributed by atoms with E-state index in [0.29, 0.717) is 11.6 Å². The second-order valence-electron chi connectivity index (χ2n) is 4.92. The number of H-pyrrole nitrogens is 1. The van der Waals surface area contributed by atoms with Gasteiger partial charge in [-0.1, -0.05) is 18.2 Å². The number of amides is 1. The fourth-order valence-corrected chi connectivity index (χ4v) is 2.89. The van der Waals surface area contributed by atoms with Gasteiger partial charge in [-0.15, -0.1) is 11.3 Å². The first-order chi connectivity index (χ1) is 11.2. The highest BCUT2D eigenvalue weighted by atomic mass is 32.1. The molecule has 1 amide bonds. The number of aromatic amines is 1. The molecule has 0 fully saturated rings. The number of nitrogens with one attached hydrogen (secondary N) is 2. The molecule has 1 aromatic carbocycles. The summed E-state index contributed by atoms with van der Waals surface area (Å²) in [6, 6.07) is 11.3. The molecule has 3 aromatic rings. The highest BCUT2D eigenvalue weighted by Crippen LogP contribution is 2.26. The molecule has 0 aliphatic carbocycles. The third-order valence-corrected chi connectivity index (χ3v) is 4.32. The Labute approximate surface area is 137 Å². The van der Waals surface area contributed by atoms with Crippen LogP contribution in [0.3, 0.4) is 0 Å². The van der Waals surface area contributed by atoms with Crippen molar-refractivity contribution in [3.05, 3.63) is 53.0 Å². The van der Waals surface area contributed by atoms with Crippen molar-refractivity contribution in [3.8, 4) is 17.1 Å². The van der Waals surface area contributed by atoms with Crippen molar-refractivity contribution in [3.63, 3.8) is 0 Å². The molecule has 0 unspecified atom stereocenters. The molecule has 3 rings (SSSR count). The van der Waals surface area contributed by atoms with E-state index in [0.717, 1.165) is 10.4 Å². The monoisotopic (exact) mass is 328 g/mol. The molecular weight excluding hydrogens is 312 g/mol. The van der Waals surface area contributed by atoms with Crippen LogP contribution in [-0.4, -0.2) is 27.7 Å². The molecule has 0 radical (unpaired) electrons. The minimum Gasteiger partial charge on any atom is -0.483 e. The number of aromatic nitrogens is 3. The van der Waals surface area contributed by atoms with Crippen molar-refractivity contribution in [1.29, 1.82) is 0 Å². The van der Waals surface area contributed by atoms with E-state index in [-0.39, 0.29) is 18.6 Å². The Morgan fingerprint density at radius 1 is 1.35 bits per heavy atom. The maximum Gasteiger partial charge on any atom is 0.258 e. The van der Waals surface area contributed by atoms with Gasteiger partial charge in [-0.05, 0) is 30.5 Å². The summed E-state index contributed by atoms with van der Waals surface area (Å²) in [5.74, 6) is 1.02. The molecule has 0 spiro atoms. The first-order valence-corrected chi connectivity index (χ1v) is 8.02. The van der Waals surface area contributed by atoms with Crippen molar-refractivity contribution in [2.24, 2.45) is 0 Å². The topological polar surface area (TPSA) is 79.9 Å². The average molecular weight is 328 g/mol. The predicted molar refractivity (Wildman–Crippen MR) is 88.2 cm³/mol. The minimum atomic E-state index is -0.168. The number of nitrogens with zero attached hydrogens (tertiary/aromatic N) is 2. The number of ether oxygens (including phenoxy) is 1. The van der Waals surface area contributed by atoms with E-state index in [4.69, 9.17) is 4.74 Å². The Kier molecular flexibility index (Phi) is 4.68. The Balaban J connectivity index is 1.61. The van der Waals surface area contributed by atoms with Gasteiger partial charge in [0.05, 0.1) is 11.6 Å². The van der Waals surface area contributed by atoms with Crippen LogP contribution in [0.2, 0.25) is 0 Å². The van der Waals surface area contributed by atoms with Crippen molar-refractivity contribution >= 4 is 17.2 Å². The number of rotatable bonds is 6. The maximum atomic E-state index is 12.1. The third kappa shape index (κ3) is 3.75. The summed E-state index contributed by atoms with van der Waals surface area (Å²) >= 11 is 1.61. The molecule has 0 bridgehead atoms. The molecule has 7 heteroatoms. The van der Waals surface area contributed by atoms with Gasteiger partial charge in [0.15, 0.2) is 12.4 Å². The molecule has 2 N–H and O–H groups in total. The van der Waals surface area contributed by atoms with Crippen LogP contribution in [-0.2, 0) is 4.79 Å². The Hall–Kier alpha value is -2.67. The van der Waals surface area contributed by atoms with Crippen molar-refractivity contribution in [2.45, 2.75) is 13.0 Å². The van der Waals surface area contributed by atoms with Crippen LogP contribution < -0.4 is 10.1 Å². The fourth-order valence-electron chi connectivity index (χ4n) is 2.16. The van der Waals surface area contributed by atoms with Crippen LogP contribution in [0.1, 0.15) is 17.8 Å². The highest BCUT2D eigenvalue weighted by Gasteiger charge is 2.13. The lowest BCUT2D eigenvalue weighted by molar-refractivity contribution is -0.123. The van der Waals surface area contributed by atoms with Gasteiger partial charge in [0.1, 0.15) is 12.1 Å². The molecule has 1 atom stereocenters. The van der Waals surface area contributed by atoms with E-state index in [9.17, 15) is 4.79 Å². The number of hydrogen-bond donors (Lipinski definition) is 2. The lowest BCUT2D eigenvalue weighted by Gasteiger charge is -2.13. The van der Waals surface area contributed by atoms with E-state index in [2.05, 4.69) is 20.5 Å². The molecule has 6 nitrogen and oxygen atoms in total. The molecule has 23 heavy (non-hydrogen) atoms. The van der Waals surface area contributed by atoms with Crippen molar-refractivity contribution < 1.29 is 9.53 Å². The fraction of sp³-hybridized carbons (Fsp3) is 0.188. The SMILES string of the molecule is C[C@H](NC(=O)COc1ccccc1-c1ncn[nH]1)c1cccs1. The van der Waals surface area contributed by atoms with Crippen LogP contribution in [0, 0.1) is 0 Å². The van der Waals surface area contributed by atoms with Crippen LogP contribution in [0.15, 0.2) is 48.1 Å². The lowest BCUT2D eigenvalue weighted by Crippen LogP contribution is -2.30. The maximum absolute atomic E-state index is 12.1. The standard InChI is InChI=1S/C16H16N4O2S/c1-11(14-7-4-8-23-14)19-15(21)9-22-13-6-3-2-5-12(13)16-17-10-18-20-16/h2-8,10-11H,9H2,1H3,(H,19,21)(H,17,18,20)/t11-/m0/s1. The number of thiophene rings is 1. The van der Waals surface area contributed by atoms with Gasteiger partial charge in [-0.2, -0.15) is 5.10 Å². The molecule has 0 aliphatic rings. The molecule has 2 heterocycles. The average Bonchev–Trinajstić information content (AvgIpc) is 3.26. The lowest BCUT2D eigenvalue weighted by atomic mass is 10.2. The van der Waals surface area contributed by atoms with E-state index in [1.54, 1.807) is 17.4 Å². The minimum absolute atomic E-state index is 0.0318. The van der Waals surface area contributed by atoms with E-state index in [1.807, 2.05) is 42.6 Å².